The molecule has 3 fully saturated rings. The van der Waals surface area contributed by atoms with Crippen molar-refractivity contribution in [2.24, 2.45) is 46.3 Å². The van der Waals surface area contributed by atoms with Crippen molar-refractivity contribution in [1.82, 2.24) is 0 Å². The molecule has 1 heteroatoms. The summed E-state index contributed by atoms with van der Waals surface area (Å²) in [6.07, 6.45) is 15.6. The Morgan fingerprint density at radius 2 is 1.52 bits per heavy atom. The molecule has 0 aromatic heterocycles. The predicted molar refractivity (Wildman–Crippen MR) is 130 cm³/mol. The van der Waals surface area contributed by atoms with Gasteiger partial charge >= 0.3 is 0 Å². The van der Waals surface area contributed by atoms with Gasteiger partial charge in [-0.05, 0) is 91.3 Å². The lowest BCUT2D eigenvalue weighted by Crippen LogP contribution is -2.41. The van der Waals surface area contributed by atoms with Gasteiger partial charge in [-0.25, -0.2) is 0 Å². The van der Waals surface area contributed by atoms with Crippen LogP contribution in [-0.4, -0.2) is 11.7 Å². The lowest BCUT2D eigenvalue weighted by Gasteiger charge is -2.49. The summed E-state index contributed by atoms with van der Waals surface area (Å²) in [5.41, 5.74) is 1.11. The molecule has 5 unspecified atom stereocenters. The van der Waals surface area contributed by atoms with Gasteiger partial charge < -0.3 is 5.11 Å². The third-order valence-corrected chi connectivity index (χ3v) is 9.56. The van der Waals surface area contributed by atoms with Crippen LogP contribution >= 0.6 is 0 Å². The Balaban J connectivity index is 0.00000136. The fourth-order valence-corrected chi connectivity index (χ4v) is 8.22. The normalized spacial score (nSPS) is 38.1. The van der Waals surface area contributed by atoms with E-state index in [0.29, 0.717) is 23.4 Å². The van der Waals surface area contributed by atoms with Crippen LogP contribution in [0, 0.1) is 46.3 Å². The Hall–Kier alpha value is -0.0400. The summed E-state index contributed by atoms with van der Waals surface area (Å²) < 4.78 is 0. The maximum Gasteiger partial charge on any atom is 0.0433 e. The van der Waals surface area contributed by atoms with E-state index in [1.54, 1.807) is 0 Å². The van der Waals surface area contributed by atoms with E-state index in [1.807, 2.05) is 13.8 Å². The molecule has 3 saturated carbocycles. The van der Waals surface area contributed by atoms with E-state index < -0.39 is 0 Å². The highest BCUT2D eigenvalue weighted by atomic mass is 16.3. The molecule has 7 atom stereocenters. The van der Waals surface area contributed by atoms with Gasteiger partial charge in [0.2, 0.25) is 0 Å². The number of aliphatic hydroxyl groups is 1. The van der Waals surface area contributed by atoms with Crippen LogP contribution in [0.4, 0.5) is 0 Å². The van der Waals surface area contributed by atoms with Crippen LogP contribution in [0.3, 0.4) is 0 Å². The number of fused-ring (bicyclic) bond motifs is 1. The molecule has 0 radical (unpaired) electrons. The van der Waals surface area contributed by atoms with Gasteiger partial charge in [0.25, 0.3) is 0 Å². The molecule has 3 aliphatic rings. The fraction of sp³-hybridized carbons (Fsp3) is 1.00. The molecule has 0 heterocycles. The minimum absolute atomic E-state index is 0. The fourth-order valence-electron chi connectivity index (χ4n) is 8.22. The standard InChI is InChI=1S/C25H46O.C2H6.CH4/c1-18(13-16-26)22-11-12-23-20(9-8-15-25(22,23)5)17-19(2)21-10-6-7-14-24(21,3)4;1-2;/h18-23,26H,6-17H2,1-5H3;1-2H3;1H4/t18-,19+,20?,21?,22?,23?,25?;;/m1../s1. The topological polar surface area (TPSA) is 20.2 Å². The zero-order valence-electron chi connectivity index (χ0n) is 20.4. The van der Waals surface area contributed by atoms with Gasteiger partial charge in [0.15, 0.2) is 0 Å². The van der Waals surface area contributed by atoms with E-state index in [9.17, 15) is 5.11 Å². The molecule has 174 valence electrons. The van der Waals surface area contributed by atoms with Crippen molar-refractivity contribution < 1.29 is 5.11 Å². The molecule has 0 bridgehead atoms. The summed E-state index contributed by atoms with van der Waals surface area (Å²) in [4.78, 5) is 0. The minimum Gasteiger partial charge on any atom is -0.396 e. The predicted octanol–water partition coefficient (Wildman–Crippen LogP) is 8.74. The van der Waals surface area contributed by atoms with Crippen molar-refractivity contribution in [1.29, 1.82) is 0 Å². The van der Waals surface area contributed by atoms with Crippen molar-refractivity contribution >= 4 is 0 Å². The summed E-state index contributed by atoms with van der Waals surface area (Å²) in [7, 11) is 0. The Morgan fingerprint density at radius 3 is 2.14 bits per heavy atom. The first-order chi connectivity index (χ1) is 13.3. The van der Waals surface area contributed by atoms with Gasteiger partial charge in [0, 0.05) is 6.61 Å². The van der Waals surface area contributed by atoms with Crippen molar-refractivity contribution in [2.45, 2.75) is 127 Å². The Bertz CT molecular complexity index is 455. The third-order valence-electron chi connectivity index (χ3n) is 9.56. The highest BCUT2D eigenvalue weighted by molar-refractivity contribution is 5.02. The molecule has 0 aromatic rings. The molecule has 3 aliphatic carbocycles. The van der Waals surface area contributed by atoms with Crippen LogP contribution in [0.5, 0.6) is 0 Å². The van der Waals surface area contributed by atoms with E-state index >= 15 is 0 Å². The number of hydrogen-bond acceptors (Lipinski definition) is 1. The largest absolute Gasteiger partial charge is 0.396 e. The van der Waals surface area contributed by atoms with E-state index in [-0.39, 0.29) is 7.43 Å². The minimum atomic E-state index is 0. The van der Waals surface area contributed by atoms with E-state index in [1.165, 1.54) is 64.2 Å². The average Bonchev–Trinajstić information content (AvgIpc) is 3.01. The van der Waals surface area contributed by atoms with E-state index in [2.05, 4.69) is 34.6 Å². The van der Waals surface area contributed by atoms with Crippen LogP contribution < -0.4 is 0 Å². The molecule has 0 amide bonds. The Labute approximate surface area is 184 Å². The summed E-state index contributed by atoms with van der Waals surface area (Å²) in [5.74, 6) is 5.30. The zero-order valence-corrected chi connectivity index (χ0v) is 20.4. The van der Waals surface area contributed by atoms with Gasteiger partial charge in [0.1, 0.15) is 0 Å². The SMILES string of the molecule is C.CC.C[C@H](CCO)C1CCC2C(C[C@H](C)C3CCCCC3(C)C)CCCC21C. The second-order valence-electron chi connectivity index (χ2n) is 11.5. The highest BCUT2D eigenvalue weighted by Crippen LogP contribution is 2.61. The van der Waals surface area contributed by atoms with E-state index in [4.69, 9.17) is 0 Å². The molecule has 0 aliphatic heterocycles. The van der Waals surface area contributed by atoms with Crippen LogP contribution in [0.25, 0.3) is 0 Å². The summed E-state index contributed by atoms with van der Waals surface area (Å²) in [5, 5.41) is 9.44. The molecule has 0 aromatic carbocycles. The van der Waals surface area contributed by atoms with Crippen molar-refractivity contribution in [3.8, 4) is 0 Å². The Morgan fingerprint density at radius 1 is 0.828 bits per heavy atom. The second kappa shape index (κ2) is 11.5. The monoisotopic (exact) mass is 408 g/mol. The van der Waals surface area contributed by atoms with Crippen LogP contribution in [0.2, 0.25) is 0 Å². The lowest BCUT2D eigenvalue weighted by atomic mass is 9.56. The summed E-state index contributed by atoms with van der Waals surface area (Å²) in [6, 6.07) is 0. The summed E-state index contributed by atoms with van der Waals surface area (Å²) in [6.45, 7) is 17.1. The van der Waals surface area contributed by atoms with Gasteiger partial charge in [-0.1, -0.05) is 81.6 Å². The average molecular weight is 409 g/mol. The first kappa shape index (κ1) is 27.0. The smallest absolute Gasteiger partial charge is 0.0433 e. The molecular weight excluding hydrogens is 352 g/mol. The first-order valence-corrected chi connectivity index (χ1v) is 12.9. The first-order valence-electron chi connectivity index (χ1n) is 12.9. The molecular formula is C28H56O. The van der Waals surface area contributed by atoms with Crippen molar-refractivity contribution in [3.05, 3.63) is 0 Å². The second-order valence-corrected chi connectivity index (χ2v) is 11.5. The van der Waals surface area contributed by atoms with Crippen LogP contribution in [0.1, 0.15) is 127 Å². The molecule has 0 saturated heterocycles. The number of hydrogen-bond donors (Lipinski definition) is 1. The Kier molecular flexibility index (Phi) is 10.7. The van der Waals surface area contributed by atoms with Gasteiger partial charge in [-0.3, -0.25) is 0 Å². The molecule has 1 nitrogen and oxygen atoms in total. The number of aliphatic hydroxyl groups excluding tert-OH is 1. The van der Waals surface area contributed by atoms with Gasteiger partial charge in [0.05, 0.1) is 0 Å². The maximum absolute atomic E-state index is 9.44. The van der Waals surface area contributed by atoms with Crippen molar-refractivity contribution in [3.63, 3.8) is 0 Å². The molecule has 0 spiro atoms. The van der Waals surface area contributed by atoms with Crippen molar-refractivity contribution in [2.75, 3.05) is 6.61 Å². The molecule has 1 N–H and O–H groups in total. The van der Waals surface area contributed by atoms with Gasteiger partial charge in [-0.15, -0.1) is 0 Å². The maximum atomic E-state index is 9.44. The number of rotatable bonds is 6. The highest BCUT2D eigenvalue weighted by Gasteiger charge is 2.52. The quantitative estimate of drug-likeness (QED) is 0.465. The van der Waals surface area contributed by atoms with Gasteiger partial charge in [-0.2, -0.15) is 0 Å². The van der Waals surface area contributed by atoms with Crippen LogP contribution in [-0.2, 0) is 0 Å². The third kappa shape index (κ3) is 5.81. The summed E-state index contributed by atoms with van der Waals surface area (Å²) >= 11 is 0. The van der Waals surface area contributed by atoms with E-state index in [0.717, 1.165) is 36.0 Å². The molecule has 29 heavy (non-hydrogen) atoms. The molecule has 3 rings (SSSR count). The lowest BCUT2D eigenvalue weighted by molar-refractivity contribution is 0.00340. The van der Waals surface area contributed by atoms with Crippen LogP contribution in [0.15, 0.2) is 0 Å². The zero-order chi connectivity index (χ0) is 20.9.